The second kappa shape index (κ2) is 15.7. The summed E-state index contributed by atoms with van der Waals surface area (Å²) in [4.78, 5) is 75.9. The highest BCUT2D eigenvalue weighted by molar-refractivity contribution is 6.38. The lowest BCUT2D eigenvalue weighted by Crippen LogP contribution is -2.59. The lowest BCUT2D eigenvalue weighted by atomic mass is 9.84. The SMILES string of the molecule is CCC[C@H](NC(=O)[C@@H]1C[C@]2(CC(c3cc(C)c(OC)c(C)c3)=NO2)CN1C(=O)[C@@H](NC(=O)CC1CCCCC1)C(C)(C)C)C(=O)C(=O)NC1CC1. The Morgan fingerprint density at radius 1 is 1.02 bits per heavy atom. The number of carbonyl (C=O) groups excluding carboxylic acids is 5. The van der Waals surface area contributed by atoms with E-state index in [1.165, 1.54) is 11.3 Å². The van der Waals surface area contributed by atoms with Gasteiger partial charge in [0.2, 0.25) is 23.5 Å². The molecule has 4 atom stereocenters. The fraction of sp³-hybridized carbons (Fsp3) is 0.692. The number of ketones is 1. The number of ether oxygens (including phenoxy) is 1. The summed E-state index contributed by atoms with van der Waals surface area (Å²) in [5.74, 6) is -1.42. The monoisotopic (exact) mass is 707 g/mol. The minimum absolute atomic E-state index is 0.00289. The number of amides is 4. The molecule has 3 fully saturated rings. The number of oxime groups is 1. The number of aryl methyl sites for hydroxylation is 2. The maximum absolute atomic E-state index is 14.7. The third kappa shape index (κ3) is 9.10. The summed E-state index contributed by atoms with van der Waals surface area (Å²) in [6.07, 6.45) is 8.73. The predicted octanol–water partition coefficient (Wildman–Crippen LogP) is 4.41. The van der Waals surface area contributed by atoms with Crippen LogP contribution in [0, 0.1) is 25.2 Å². The Kier molecular flexibility index (Phi) is 11.8. The molecule has 51 heavy (non-hydrogen) atoms. The second-order valence-electron chi connectivity index (χ2n) is 16.4. The molecule has 1 saturated heterocycles. The van der Waals surface area contributed by atoms with Gasteiger partial charge in [0.05, 0.1) is 25.4 Å². The zero-order chi connectivity index (χ0) is 37.1. The summed E-state index contributed by atoms with van der Waals surface area (Å²) in [7, 11) is 1.64. The minimum atomic E-state index is -1.04. The third-order valence-electron chi connectivity index (χ3n) is 10.8. The van der Waals surface area contributed by atoms with Gasteiger partial charge in [-0.25, -0.2) is 0 Å². The van der Waals surface area contributed by atoms with Crippen LogP contribution < -0.4 is 20.7 Å². The van der Waals surface area contributed by atoms with Crippen molar-refractivity contribution in [1.29, 1.82) is 0 Å². The molecule has 4 amide bonds. The van der Waals surface area contributed by atoms with Crippen molar-refractivity contribution in [2.45, 2.75) is 148 Å². The van der Waals surface area contributed by atoms with E-state index in [-0.39, 0.29) is 31.3 Å². The highest BCUT2D eigenvalue weighted by atomic mass is 16.7. The number of hydrogen-bond acceptors (Lipinski definition) is 8. The van der Waals surface area contributed by atoms with Gasteiger partial charge in [-0.05, 0) is 80.5 Å². The first-order valence-corrected chi connectivity index (χ1v) is 18.8. The smallest absolute Gasteiger partial charge is 0.289 e. The number of nitrogens with zero attached hydrogens (tertiary/aromatic N) is 2. The van der Waals surface area contributed by atoms with Crippen LogP contribution in [0.1, 0.15) is 121 Å². The van der Waals surface area contributed by atoms with Gasteiger partial charge in [0, 0.05) is 30.9 Å². The van der Waals surface area contributed by atoms with Gasteiger partial charge in [0.25, 0.3) is 5.91 Å². The van der Waals surface area contributed by atoms with Gasteiger partial charge in [-0.1, -0.05) is 58.5 Å². The molecule has 280 valence electrons. The Hall–Kier alpha value is -3.96. The number of hydrogen-bond donors (Lipinski definition) is 3. The van der Waals surface area contributed by atoms with E-state index in [0.29, 0.717) is 30.9 Å². The first-order chi connectivity index (χ1) is 24.1. The van der Waals surface area contributed by atoms with Crippen LogP contribution in [0.25, 0.3) is 0 Å². The van der Waals surface area contributed by atoms with Crippen LogP contribution in [0.15, 0.2) is 17.3 Å². The van der Waals surface area contributed by atoms with Crippen LogP contribution >= 0.6 is 0 Å². The van der Waals surface area contributed by atoms with E-state index in [1.807, 2.05) is 53.7 Å². The number of benzene rings is 1. The average Bonchev–Trinajstić information content (AvgIpc) is 3.67. The molecule has 0 radical (unpaired) electrons. The van der Waals surface area contributed by atoms with Crippen LogP contribution in [0.2, 0.25) is 0 Å². The number of nitrogens with one attached hydrogen (secondary N) is 3. The van der Waals surface area contributed by atoms with Gasteiger partial charge in [0.1, 0.15) is 17.8 Å². The molecule has 2 aliphatic heterocycles. The minimum Gasteiger partial charge on any atom is -0.496 e. The second-order valence-corrected chi connectivity index (χ2v) is 16.4. The van der Waals surface area contributed by atoms with Crippen molar-refractivity contribution in [2.75, 3.05) is 13.7 Å². The van der Waals surface area contributed by atoms with Crippen LogP contribution in [0.4, 0.5) is 0 Å². The normalized spacial score (nSPS) is 23.2. The molecule has 4 aliphatic rings. The molecule has 1 aromatic rings. The molecular weight excluding hydrogens is 650 g/mol. The average molecular weight is 708 g/mol. The molecule has 2 saturated carbocycles. The van der Waals surface area contributed by atoms with Gasteiger partial charge in [-0.15, -0.1) is 0 Å². The van der Waals surface area contributed by atoms with E-state index in [2.05, 4.69) is 21.1 Å². The number of methoxy groups -OCH3 is 1. The number of likely N-dealkylation sites (tertiary alicyclic amines) is 1. The summed E-state index contributed by atoms with van der Waals surface area (Å²) in [5, 5.41) is 13.1. The van der Waals surface area contributed by atoms with Crippen molar-refractivity contribution in [2.24, 2.45) is 16.5 Å². The Bertz CT molecular complexity index is 1520. The van der Waals surface area contributed by atoms with Gasteiger partial charge in [0.15, 0.2) is 5.60 Å². The first kappa shape index (κ1) is 38.3. The zero-order valence-electron chi connectivity index (χ0n) is 31.5. The van der Waals surface area contributed by atoms with Crippen molar-refractivity contribution < 1.29 is 33.5 Å². The molecule has 12 nitrogen and oxygen atoms in total. The predicted molar refractivity (Wildman–Crippen MR) is 193 cm³/mol. The fourth-order valence-corrected chi connectivity index (χ4v) is 7.88. The van der Waals surface area contributed by atoms with Crippen molar-refractivity contribution in [3.8, 4) is 5.75 Å². The van der Waals surface area contributed by atoms with Gasteiger partial charge in [-0.2, -0.15) is 0 Å². The fourth-order valence-electron chi connectivity index (χ4n) is 7.88. The van der Waals surface area contributed by atoms with Gasteiger partial charge < -0.3 is 30.4 Å². The zero-order valence-corrected chi connectivity index (χ0v) is 31.5. The molecule has 0 unspecified atom stereocenters. The molecule has 3 N–H and O–H groups in total. The van der Waals surface area contributed by atoms with Crippen molar-refractivity contribution in [3.63, 3.8) is 0 Å². The maximum Gasteiger partial charge on any atom is 0.289 e. The molecule has 0 aromatic heterocycles. The lowest BCUT2D eigenvalue weighted by Gasteiger charge is -2.36. The number of rotatable bonds is 13. The quantitative estimate of drug-likeness (QED) is 0.257. The maximum atomic E-state index is 14.7. The van der Waals surface area contributed by atoms with E-state index in [4.69, 9.17) is 9.57 Å². The van der Waals surface area contributed by atoms with E-state index < -0.39 is 52.6 Å². The topological polar surface area (TPSA) is 156 Å². The lowest BCUT2D eigenvalue weighted by molar-refractivity contribution is -0.145. The van der Waals surface area contributed by atoms with E-state index in [0.717, 1.165) is 61.0 Å². The summed E-state index contributed by atoms with van der Waals surface area (Å²) in [5.41, 5.74) is 1.79. The van der Waals surface area contributed by atoms with Crippen LogP contribution in [0.3, 0.4) is 0 Å². The molecule has 5 rings (SSSR count). The van der Waals surface area contributed by atoms with Gasteiger partial charge in [-0.3, -0.25) is 24.0 Å². The molecule has 0 bridgehead atoms. The summed E-state index contributed by atoms with van der Waals surface area (Å²) in [6, 6.07) is 0.998. The summed E-state index contributed by atoms with van der Waals surface area (Å²) in [6.45, 7) is 11.6. The van der Waals surface area contributed by atoms with Crippen LogP contribution in [0.5, 0.6) is 5.75 Å². The first-order valence-electron chi connectivity index (χ1n) is 18.8. The standard InChI is InChI=1S/C39H57N5O7/c1-8-12-28(32(46)36(48)40-27-15-16-27)41-35(47)30-21-39(20-29(43-51-39)26-17-23(2)33(50-7)24(3)18-26)22-44(30)37(49)34(38(4,5)6)42-31(45)19-25-13-10-9-11-14-25/h17-18,25,27-28,30,34H,8-16,19-22H2,1-7H3,(H,40,48)(H,41,47)(H,42,45)/t28-,30-,34+,39+/m0/s1. The third-order valence-corrected chi connectivity index (χ3v) is 10.8. The van der Waals surface area contributed by atoms with Gasteiger partial charge >= 0.3 is 0 Å². The Morgan fingerprint density at radius 2 is 1.69 bits per heavy atom. The largest absolute Gasteiger partial charge is 0.496 e. The van der Waals surface area contributed by atoms with Crippen LogP contribution in [-0.2, 0) is 28.8 Å². The molecule has 1 spiro atoms. The number of Topliss-reactive ketones (excluding diaryl/α,β-unsaturated/α-hetero) is 1. The summed E-state index contributed by atoms with van der Waals surface area (Å²) >= 11 is 0. The Labute approximate surface area is 302 Å². The van der Waals surface area contributed by atoms with Crippen molar-refractivity contribution >= 4 is 35.1 Å². The van der Waals surface area contributed by atoms with Crippen molar-refractivity contribution in [1.82, 2.24) is 20.9 Å². The van der Waals surface area contributed by atoms with Crippen LogP contribution in [-0.4, -0.2) is 83.4 Å². The Morgan fingerprint density at radius 3 is 2.27 bits per heavy atom. The van der Waals surface area contributed by atoms with E-state index in [1.54, 1.807) is 7.11 Å². The molecule has 12 heteroatoms. The molecule has 1 aromatic carbocycles. The summed E-state index contributed by atoms with van der Waals surface area (Å²) < 4.78 is 5.55. The molecule has 2 heterocycles. The highest BCUT2D eigenvalue weighted by Gasteiger charge is 2.55. The molecule has 2 aliphatic carbocycles. The highest BCUT2D eigenvalue weighted by Crippen LogP contribution is 2.41. The number of carbonyl (C=O) groups is 5. The molecular formula is C39H57N5O7. The Balaban J connectivity index is 1.40. The van der Waals surface area contributed by atoms with E-state index >= 15 is 0 Å². The van der Waals surface area contributed by atoms with E-state index in [9.17, 15) is 24.0 Å². The van der Waals surface area contributed by atoms with Crippen molar-refractivity contribution in [3.05, 3.63) is 28.8 Å².